The number of fused-ring (bicyclic) bond motifs is 1. The van der Waals surface area contributed by atoms with E-state index in [2.05, 4.69) is 26.0 Å². The monoisotopic (exact) mass is 346 g/mol. The SMILES string of the molecule is CC1=C[C@@H]2CC[C@@H](O)[C@H](C)[C@H]2[C@H](/C=C/C=C/C(=O)O)[C@@H]1/C(C)=C/CO. The highest BCUT2D eigenvalue weighted by Crippen LogP contribution is 2.50. The van der Waals surface area contributed by atoms with E-state index in [-0.39, 0.29) is 30.5 Å². The molecule has 0 saturated heterocycles. The van der Waals surface area contributed by atoms with Gasteiger partial charge in [-0.15, -0.1) is 0 Å². The molecule has 4 nitrogen and oxygen atoms in total. The van der Waals surface area contributed by atoms with Gasteiger partial charge in [0.05, 0.1) is 12.7 Å². The van der Waals surface area contributed by atoms with Gasteiger partial charge in [-0.05, 0) is 50.4 Å². The third-order valence-corrected chi connectivity index (χ3v) is 5.89. The molecule has 4 heteroatoms. The minimum Gasteiger partial charge on any atom is -0.478 e. The zero-order chi connectivity index (χ0) is 18.6. The largest absolute Gasteiger partial charge is 0.478 e. The number of carboxylic acids is 1. The van der Waals surface area contributed by atoms with Gasteiger partial charge >= 0.3 is 5.97 Å². The van der Waals surface area contributed by atoms with Crippen LogP contribution in [0, 0.1) is 29.6 Å². The van der Waals surface area contributed by atoms with Crippen molar-refractivity contribution in [2.45, 2.75) is 39.7 Å². The van der Waals surface area contributed by atoms with Crippen molar-refractivity contribution in [3.63, 3.8) is 0 Å². The molecule has 138 valence electrons. The molecule has 0 aliphatic heterocycles. The Morgan fingerprint density at radius 2 is 2.04 bits per heavy atom. The molecule has 0 radical (unpaired) electrons. The van der Waals surface area contributed by atoms with Crippen LogP contribution in [0.3, 0.4) is 0 Å². The van der Waals surface area contributed by atoms with E-state index in [1.54, 1.807) is 12.2 Å². The highest BCUT2D eigenvalue weighted by Gasteiger charge is 2.44. The standard InChI is InChI=1S/C21H30O4/c1-13(10-11-22)20-14(2)12-16-8-9-18(23)15(3)21(16)17(20)6-4-5-7-19(24)25/h4-7,10,12,15-18,20-23H,8-9,11H2,1-3H3,(H,24,25)/b6-4+,7-5+,13-10+/t15-,16-,17+,18+,20+,21+/m0/s1. The average Bonchev–Trinajstić information content (AvgIpc) is 2.54. The molecule has 0 aromatic rings. The van der Waals surface area contributed by atoms with Gasteiger partial charge in [-0.3, -0.25) is 0 Å². The average molecular weight is 346 g/mol. The van der Waals surface area contributed by atoms with E-state index in [0.717, 1.165) is 24.5 Å². The molecular formula is C21H30O4. The minimum absolute atomic E-state index is 0.0111. The highest BCUT2D eigenvalue weighted by atomic mass is 16.4. The van der Waals surface area contributed by atoms with Gasteiger partial charge in [-0.1, -0.05) is 48.5 Å². The smallest absolute Gasteiger partial charge is 0.328 e. The first kappa shape index (κ1) is 19.7. The summed E-state index contributed by atoms with van der Waals surface area (Å²) in [6, 6.07) is 0. The summed E-state index contributed by atoms with van der Waals surface area (Å²) in [6.45, 7) is 6.30. The lowest BCUT2D eigenvalue weighted by molar-refractivity contribution is -0.131. The molecule has 0 aromatic carbocycles. The van der Waals surface area contributed by atoms with Crippen molar-refractivity contribution in [1.82, 2.24) is 0 Å². The maximum Gasteiger partial charge on any atom is 0.328 e. The second-order valence-electron chi connectivity index (χ2n) is 7.42. The predicted molar refractivity (Wildman–Crippen MR) is 98.9 cm³/mol. The van der Waals surface area contributed by atoms with Gasteiger partial charge in [0.2, 0.25) is 0 Å². The molecule has 2 rings (SSSR count). The Labute approximate surface area is 150 Å². The van der Waals surface area contributed by atoms with Gasteiger partial charge in [-0.25, -0.2) is 4.79 Å². The van der Waals surface area contributed by atoms with E-state index in [1.807, 2.05) is 13.0 Å². The Balaban J connectivity index is 2.41. The zero-order valence-electron chi connectivity index (χ0n) is 15.3. The summed E-state index contributed by atoms with van der Waals surface area (Å²) >= 11 is 0. The Morgan fingerprint density at radius 3 is 2.68 bits per heavy atom. The van der Waals surface area contributed by atoms with Crippen LogP contribution in [0.1, 0.15) is 33.6 Å². The Hall–Kier alpha value is -1.65. The summed E-state index contributed by atoms with van der Waals surface area (Å²) < 4.78 is 0. The first-order valence-corrected chi connectivity index (χ1v) is 9.08. The fourth-order valence-electron chi connectivity index (χ4n) is 4.77. The minimum atomic E-state index is -0.961. The molecule has 1 saturated carbocycles. The number of aliphatic carboxylic acids is 1. The molecule has 0 unspecified atom stereocenters. The first-order chi connectivity index (χ1) is 11.9. The summed E-state index contributed by atoms with van der Waals surface area (Å²) in [5.41, 5.74) is 2.42. The zero-order valence-corrected chi connectivity index (χ0v) is 15.3. The Kier molecular flexibility index (Phi) is 6.79. The number of hydrogen-bond donors (Lipinski definition) is 3. The molecule has 0 heterocycles. The number of carbonyl (C=O) groups is 1. The first-order valence-electron chi connectivity index (χ1n) is 9.08. The number of hydrogen-bond acceptors (Lipinski definition) is 3. The number of aliphatic hydroxyl groups is 2. The van der Waals surface area contributed by atoms with Crippen molar-refractivity contribution in [1.29, 1.82) is 0 Å². The summed E-state index contributed by atoms with van der Waals surface area (Å²) in [4.78, 5) is 10.7. The predicted octanol–water partition coefficient (Wildman–Crippen LogP) is 3.34. The van der Waals surface area contributed by atoms with Gasteiger partial charge in [0.1, 0.15) is 0 Å². The molecule has 0 spiro atoms. The summed E-state index contributed by atoms with van der Waals surface area (Å²) in [5.74, 6) is 0.336. The van der Waals surface area contributed by atoms with Gasteiger partial charge in [0.15, 0.2) is 0 Å². The lowest BCUT2D eigenvalue weighted by Gasteiger charge is -2.48. The van der Waals surface area contributed by atoms with Crippen LogP contribution in [0.15, 0.2) is 47.6 Å². The van der Waals surface area contributed by atoms with Crippen LogP contribution in [0.2, 0.25) is 0 Å². The van der Waals surface area contributed by atoms with Crippen LogP contribution in [-0.2, 0) is 4.79 Å². The molecule has 0 bridgehead atoms. The molecule has 0 aromatic heterocycles. The second kappa shape index (κ2) is 8.63. The van der Waals surface area contributed by atoms with E-state index in [9.17, 15) is 15.0 Å². The lowest BCUT2D eigenvalue weighted by atomic mass is 9.57. The molecular weight excluding hydrogens is 316 g/mol. The summed E-state index contributed by atoms with van der Waals surface area (Å²) in [7, 11) is 0. The molecule has 6 atom stereocenters. The highest BCUT2D eigenvalue weighted by molar-refractivity contribution is 5.80. The maximum absolute atomic E-state index is 10.7. The maximum atomic E-state index is 10.7. The van der Waals surface area contributed by atoms with Gasteiger partial charge < -0.3 is 15.3 Å². The van der Waals surface area contributed by atoms with Crippen LogP contribution >= 0.6 is 0 Å². The van der Waals surface area contributed by atoms with E-state index >= 15 is 0 Å². The van der Waals surface area contributed by atoms with E-state index in [0.29, 0.717) is 11.8 Å². The van der Waals surface area contributed by atoms with Crippen molar-refractivity contribution in [3.05, 3.63) is 47.6 Å². The Morgan fingerprint density at radius 1 is 1.32 bits per heavy atom. The number of carboxylic acid groups (broad SMARTS) is 1. The molecule has 0 amide bonds. The van der Waals surface area contributed by atoms with Crippen molar-refractivity contribution in [2.75, 3.05) is 6.61 Å². The molecule has 1 fully saturated rings. The lowest BCUT2D eigenvalue weighted by Crippen LogP contribution is -2.44. The third kappa shape index (κ3) is 4.50. The fraction of sp³-hybridized carbons (Fsp3) is 0.571. The van der Waals surface area contributed by atoms with Crippen LogP contribution < -0.4 is 0 Å². The van der Waals surface area contributed by atoms with Crippen molar-refractivity contribution >= 4 is 5.97 Å². The quantitative estimate of drug-likeness (QED) is 0.405. The van der Waals surface area contributed by atoms with Crippen LogP contribution in [0.25, 0.3) is 0 Å². The number of aliphatic hydroxyl groups excluding tert-OH is 2. The van der Waals surface area contributed by atoms with Crippen molar-refractivity contribution in [2.24, 2.45) is 29.6 Å². The summed E-state index contributed by atoms with van der Waals surface area (Å²) in [5, 5.41) is 28.5. The van der Waals surface area contributed by atoms with E-state index in [1.165, 1.54) is 5.57 Å². The van der Waals surface area contributed by atoms with Crippen LogP contribution in [0.5, 0.6) is 0 Å². The Bertz CT molecular complexity index is 599. The van der Waals surface area contributed by atoms with E-state index < -0.39 is 5.97 Å². The molecule has 2 aliphatic rings. The molecule has 3 N–H and O–H groups in total. The van der Waals surface area contributed by atoms with Crippen LogP contribution in [0.4, 0.5) is 0 Å². The topological polar surface area (TPSA) is 77.8 Å². The third-order valence-electron chi connectivity index (χ3n) is 5.89. The normalized spacial score (nSPS) is 36.5. The van der Waals surface area contributed by atoms with Gasteiger partial charge in [-0.2, -0.15) is 0 Å². The van der Waals surface area contributed by atoms with Gasteiger partial charge in [0, 0.05) is 12.0 Å². The fourth-order valence-corrected chi connectivity index (χ4v) is 4.77. The van der Waals surface area contributed by atoms with Crippen LogP contribution in [-0.4, -0.2) is 34.0 Å². The number of rotatable bonds is 5. The van der Waals surface area contributed by atoms with Crippen molar-refractivity contribution < 1.29 is 20.1 Å². The van der Waals surface area contributed by atoms with Gasteiger partial charge in [0.25, 0.3) is 0 Å². The van der Waals surface area contributed by atoms with Crippen molar-refractivity contribution in [3.8, 4) is 0 Å². The molecule has 25 heavy (non-hydrogen) atoms. The van der Waals surface area contributed by atoms with E-state index in [4.69, 9.17) is 5.11 Å². The summed E-state index contributed by atoms with van der Waals surface area (Å²) in [6.07, 6.45) is 12.3. The number of allylic oxidation sites excluding steroid dienone is 6. The second-order valence-corrected chi connectivity index (χ2v) is 7.42. The molecule has 2 aliphatic carbocycles.